The Hall–Kier alpha value is -0.730. The maximum atomic E-state index is 5.95. The van der Waals surface area contributed by atoms with Gasteiger partial charge in [0.25, 0.3) is 0 Å². The van der Waals surface area contributed by atoms with Crippen molar-refractivity contribution >= 4 is 5.96 Å². The summed E-state index contributed by atoms with van der Waals surface area (Å²) in [5.41, 5.74) is 6.14. The summed E-state index contributed by atoms with van der Waals surface area (Å²) in [6, 6.07) is 0. The largest absolute Gasteiger partial charge is 0.370 e. The first-order valence-electron chi connectivity index (χ1n) is 6.71. The maximum Gasteiger partial charge on any atom is 0.191 e. The molecule has 3 heteroatoms. The number of nitrogens with zero attached hydrogens (tertiary/aromatic N) is 2. The lowest BCUT2D eigenvalue weighted by Crippen LogP contribution is -2.49. The summed E-state index contributed by atoms with van der Waals surface area (Å²) in [7, 11) is 0. The van der Waals surface area contributed by atoms with Gasteiger partial charge in [-0.1, -0.05) is 39.5 Å². The molecular weight excluding hydrogens is 198 g/mol. The van der Waals surface area contributed by atoms with E-state index in [9.17, 15) is 0 Å². The van der Waals surface area contributed by atoms with E-state index in [1.165, 1.54) is 32.1 Å². The highest BCUT2D eigenvalue weighted by molar-refractivity contribution is 5.80. The number of rotatable bonds is 7. The van der Waals surface area contributed by atoms with E-state index in [-0.39, 0.29) is 5.54 Å². The summed E-state index contributed by atoms with van der Waals surface area (Å²) >= 11 is 0. The minimum Gasteiger partial charge on any atom is -0.370 e. The lowest BCUT2D eigenvalue weighted by Gasteiger charge is -2.36. The van der Waals surface area contributed by atoms with Crippen molar-refractivity contribution in [1.29, 1.82) is 0 Å². The molecule has 0 aromatic rings. The predicted molar refractivity (Wildman–Crippen MR) is 70.7 cm³/mol. The van der Waals surface area contributed by atoms with Gasteiger partial charge in [0.15, 0.2) is 5.96 Å². The Bertz CT molecular complexity index is 237. The van der Waals surface area contributed by atoms with Crippen LogP contribution in [-0.4, -0.2) is 29.5 Å². The first-order valence-corrected chi connectivity index (χ1v) is 6.71. The van der Waals surface area contributed by atoms with Gasteiger partial charge in [0, 0.05) is 6.54 Å². The first-order chi connectivity index (χ1) is 7.64. The van der Waals surface area contributed by atoms with Gasteiger partial charge in [-0.05, 0) is 19.8 Å². The van der Waals surface area contributed by atoms with Crippen molar-refractivity contribution in [2.45, 2.75) is 64.8 Å². The number of nitrogens with two attached hydrogens (primary N) is 1. The summed E-state index contributed by atoms with van der Waals surface area (Å²) in [5.74, 6) is 0.750. The van der Waals surface area contributed by atoms with Gasteiger partial charge in [-0.2, -0.15) is 0 Å². The summed E-state index contributed by atoms with van der Waals surface area (Å²) in [6.45, 7) is 8.67. The van der Waals surface area contributed by atoms with Crippen LogP contribution in [-0.2, 0) is 0 Å². The molecule has 3 nitrogen and oxygen atoms in total. The molecule has 0 spiro atoms. The van der Waals surface area contributed by atoms with Crippen molar-refractivity contribution in [3.05, 3.63) is 0 Å². The summed E-state index contributed by atoms with van der Waals surface area (Å²) in [5, 5.41) is 0. The van der Waals surface area contributed by atoms with Crippen LogP contribution in [0, 0.1) is 0 Å². The summed E-state index contributed by atoms with van der Waals surface area (Å²) in [6.07, 6.45) is 7.64. The topological polar surface area (TPSA) is 41.6 Å². The van der Waals surface area contributed by atoms with Crippen molar-refractivity contribution in [1.82, 2.24) is 4.90 Å². The van der Waals surface area contributed by atoms with E-state index >= 15 is 0 Å². The lowest BCUT2D eigenvalue weighted by atomic mass is 9.93. The first kappa shape index (κ1) is 13.3. The summed E-state index contributed by atoms with van der Waals surface area (Å²) < 4.78 is 0. The highest BCUT2D eigenvalue weighted by atomic mass is 15.3. The lowest BCUT2D eigenvalue weighted by molar-refractivity contribution is 0.202. The molecule has 1 heterocycles. The Morgan fingerprint density at radius 3 is 2.62 bits per heavy atom. The zero-order valence-electron chi connectivity index (χ0n) is 11.1. The molecule has 1 atom stereocenters. The van der Waals surface area contributed by atoms with Crippen LogP contribution in [0.1, 0.15) is 59.3 Å². The van der Waals surface area contributed by atoms with E-state index in [0.29, 0.717) is 0 Å². The Kier molecular flexibility index (Phi) is 5.10. The molecule has 0 bridgehead atoms. The molecule has 2 N–H and O–H groups in total. The van der Waals surface area contributed by atoms with Crippen LogP contribution in [0.2, 0.25) is 0 Å². The van der Waals surface area contributed by atoms with Crippen LogP contribution in [0.15, 0.2) is 4.99 Å². The molecule has 0 radical (unpaired) electrons. The number of guanidine groups is 1. The molecule has 1 unspecified atom stereocenters. The minimum atomic E-state index is 0.188. The molecule has 0 aromatic carbocycles. The van der Waals surface area contributed by atoms with E-state index in [1.807, 2.05) is 0 Å². The highest BCUT2D eigenvalue weighted by Crippen LogP contribution is 2.27. The van der Waals surface area contributed by atoms with Gasteiger partial charge < -0.3 is 10.6 Å². The second-order valence-electron chi connectivity index (χ2n) is 5.13. The SMILES string of the molecule is CCCCCCC1(C)CN=C(N)N1CCC. The number of unbranched alkanes of at least 4 members (excludes halogenated alkanes) is 3. The van der Waals surface area contributed by atoms with Crippen molar-refractivity contribution in [2.24, 2.45) is 10.7 Å². The van der Waals surface area contributed by atoms with Crippen LogP contribution in [0.4, 0.5) is 0 Å². The van der Waals surface area contributed by atoms with E-state index < -0.39 is 0 Å². The van der Waals surface area contributed by atoms with Crippen LogP contribution in [0.25, 0.3) is 0 Å². The molecular formula is C13H27N3. The second-order valence-corrected chi connectivity index (χ2v) is 5.13. The Morgan fingerprint density at radius 1 is 1.25 bits per heavy atom. The molecule has 1 rings (SSSR count). The van der Waals surface area contributed by atoms with Gasteiger partial charge in [0.2, 0.25) is 0 Å². The van der Waals surface area contributed by atoms with Crippen LogP contribution >= 0.6 is 0 Å². The molecule has 0 saturated carbocycles. The highest BCUT2D eigenvalue weighted by Gasteiger charge is 2.36. The van der Waals surface area contributed by atoms with Crippen LogP contribution in [0.3, 0.4) is 0 Å². The normalized spacial score (nSPS) is 24.9. The van der Waals surface area contributed by atoms with Crippen LogP contribution in [0.5, 0.6) is 0 Å². The Morgan fingerprint density at radius 2 is 2.00 bits per heavy atom. The van der Waals surface area contributed by atoms with Gasteiger partial charge in [-0.25, -0.2) is 0 Å². The Labute approximate surface area is 100 Å². The molecule has 0 fully saturated rings. The van der Waals surface area contributed by atoms with E-state index in [1.54, 1.807) is 0 Å². The number of hydrogen-bond acceptors (Lipinski definition) is 3. The molecule has 0 aliphatic carbocycles. The monoisotopic (exact) mass is 225 g/mol. The molecule has 16 heavy (non-hydrogen) atoms. The standard InChI is InChI=1S/C13H27N3/c1-4-6-7-8-9-13(3)11-15-12(14)16(13)10-5-2/h4-11H2,1-3H3,(H2,14,15). The minimum absolute atomic E-state index is 0.188. The fourth-order valence-electron chi connectivity index (χ4n) is 2.45. The third kappa shape index (κ3) is 3.13. The fraction of sp³-hybridized carbons (Fsp3) is 0.923. The Balaban J connectivity index is 2.43. The van der Waals surface area contributed by atoms with Crippen molar-refractivity contribution < 1.29 is 0 Å². The molecule has 0 aromatic heterocycles. The van der Waals surface area contributed by atoms with Crippen molar-refractivity contribution in [2.75, 3.05) is 13.1 Å². The smallest absolute Gasteiger partial charge is 0.191 e. The van der Waals surface area contributed by atoms with Crippen molar-refractivity contribution in [3.8, 4) is 0 Å². The van der Waals surface area contributed by atoms with Gasteiger partial charge in [-0.3, -0.25) is 4.99 Å². The van der Waals surface area contributed by atoms with Gasteiger partial charge in [0.1, 0.15) is 0 Å². The molecule has 0 saturated heterocycles. The molecule has 94 valence electrons. The van der Waals surface area contributed by atoms with Gasteiger partial charge in [0.05, 0.1) is 12.1 Å². The second kappa shape index (κ2) is 6.12. The fourth-order valence-corrected chi connectivity index (χ4v) is 2.45. The molecule has 1 aliphatic heterocycles. The zero-order chi connectivity index (χ0) is 12.0. The van der Waals surface area contributed by atoms with Gasteiger partial charge >= 0.3 is 0 Å². The van der Waals surface area contributed by atoms with Crippen molar-refractivity contribution in [3.63, 3.8) is 0 Å². The number of hydrogen-bond donors (Lipinski definition) is 1. The molecule has 0 amide bonds. The zero-order valence-corrected chi connectivity index (χ0v) is 11.1. The summed E-state index contributed by atoms with van der Waals surface area (Å²) in [4.78, 5) is 6.71. The quantitative estimate of drug-likeness (QED) is 0.677. The predicted octanol–water partition coefficient (Wildman–Crippen LogP) is 2.76. The van der Waals surface area contributed by atoms with E-state index in [4.69, 9.17) is 5.73 Å². The molecule has 1 aliphatic rings. The average Bonchev–Trinajstić information content (AvgIpc) is 2.54. The van der Waals surface area contributed by atoms with Crippen LogP contribution < -0.4 is 5.73 Å². The third-order valence-electron chi connectivity index (χ3n) is 3.53. The maximum absolute atomic E-state index is 5.95. The van der Waals surface area contributed by atoms with E-state index in [2.05, 4.69) is 30.7 Å². The number of aliphatic imine (C=N–C) groups is 1. The van der Waals surface area contributed by atoms with Gasteiger partial charge in [-0.15, -0.1) is 0 Å². The third-order valence-corrected chi connectivity index (χ3v) is 3.53. The van der Waals surface area contributed by atoms with E-state index in [0.717, 1.165) is 25.5 Å². The average molecular weight is 225 g/mol.